The van der Waals surface area contributed by atoms with Crippen LogP contribution in [0.1, 0.15) is 26.6 Å². The lowest BCUT2D eigenvalue weighted by molar-refractivity contribution is -0.119. The number of thiophene rings is 1. The van der Waals surface area contributed by atoms with Gasteiger partial charge >= 0.3 is 0 Å². The van der Waals surface area contributed by atoms with Gasteiger partial charge in [0, 0.05) is 22.0 Å². The minimum absolute atomic E-state index is 0.161. The predicted molar refractivity (Wildman–Crippen MR) is 106 cm³/mol. The number of nitrogens with two attached hydrogens (primary N) is 1. The Morgan fingerprint density at radius 3 is 2.56 bits per heavy atom. The van der Waals surface area contributed by atoms with Gasteiger partial charge in [0.05, 0.1) is 12.1 Å². The molecule has 1 aromatic carbocycles. The number of hydrogen-bond acceptors (Lipinski definition) is 4. The zero-order valence-electron chi connectivity index (χ0n) is 15.2. The molecule has 0 unspecified atom stereocenters. The number of primary amides is 1. The van der Waals surface area contributed by atoms with Crippen molar-refractivity contribution in [2.45, 2.75) is 20.4 Å². The standard InChI is InChI=1S/C20H21N3O3S/c1-13-10-18(14(2)23(13)11-17-4-3-9-27-17)20(25)22-15-5-7-16(8-6-15)26-12-19(21)24/h3-10H,11-12H2,1-2H3,(H2,21,24)(H,22,25). The number of carbonyl (C=O) groups excluding carboxylic acids is 2. The molecule has 0 saturated carbocycles. The highest BCUT2D eigenvalue weighted by molar-refractivity contribution is 7.09. The van der Waals surface area contributed by atoms with Crippen molar-refractivity contribution in [3.63, 3.8) is 0 Å². The minimum atomic E-state index is -0.537. The second-order valence-electron chi connectivity index (χ2n) is 6.18. The Morgan fingerprint density at radius 2 is 1.93 bits per heavy atom. The highest BCUT2D eigenvalue weighted by Crippen LogP contribution is 2.21. The predicted octanol–water partition coefficient (Wildman–Crippen LogP) is 3.33. The Kier molecular flexibility index (Phi) is 5.61. The lowest BCUT2D eigenvalue weighted by atomic mass is 10.2. The molecule has 3 aromatic rings. The molecule has 2 amide bonds. The van der Waals surface area contributed by atoms with E-state index in [0.29, 0.717) is 17.0 Å². The largest absolute Gasteiger partial charge is 0.484 e. The third-order valence-electron chi connectivity index (χ3n) is 4.21. The van der Waals surface area contributed by atoms with Crippen molar-refractivity contribution in [3.05, 3.63) is 69.7 Å². The summed E-state index contributed by atoms with van der Waals surface area (Å²) in [6.45, 7) is 4.54. The molecule has 27 heavy (non-hydrogen) atoms. The van der Waals surface area contributed by atoms with Crippen molar-refractivity contribution < 1.29 is 14.3 Å². The molecular weight excluding hydrogens is 362 g/mol. The fourth-order valence-corrected chi connectivity index (χ4v) is 3.51. The lowest BCUT2D eigenvalue weighted by Crippen LogP contribution is -2.20. The van der Waals surface area contributed by atoms with Gasteiger partial charge in [0.25, 0.3) is 11.8 Å². The molecule has 2 heterocycles. The summed E-state index contributed by atoms with van der Waals surface area (Å²) in [6.07, 6.45) is 0. The van der Waals surface area contributed by atoms with E-state index in [-0.39, 0.29) is 12.5 Å². The summed E-state index contributed by atoms with van der Waals surface area (Å²) >= 11 is 1.70. The zero-order chi connectivity index (χ0) is 19.4. The van der Waals surface area contributed by atoms with Gasteiger partial charge < -0.3 is 20.4 Å². The number of aryl methyl sites for hydroxylation is 1. The molecule has 7 heteroatoms. The smallest absolute Gasteiger partial charge is 0.257 e. The fraction of sp³-hybridized carbons (Fsp3) is 0.200. The van der Waals surface area contributed by atoms with Gasteiger partial charge in [0.15, 0.2) is 6.61 Å². The van der Waals surface area contributed by atoms with Crippen molar-refractivity contribution in [1.29, 1.82) is 0 Å². The number of benzene rings is 1. The molecule has 6 nitrogen and oxygen atoms in total. The molecule has 0 spiro atoms. The van der Waals surface area contributed by atoms with E-state index in [1.165, 1.54) is 4.88 Å². The Hall–Kier alpha value is -3.06. The van der Waals surface area contributed by atoms with E-state index in [4.69, 9.17) is 10.5 Å². The topological polar surface area (TPSA) is 86.3 Å². The van der Waals surface area contributed by atoms with Gasteiger partial charge in [-0.3, -0.25) is 9.59 Å². The summed E-state index contributed by atoms with van der Waals surface area (Å²) in [4.78, 5) is 24.7. The van der Waals surface area contributed by atoms with Crippen LogP contribution >= 0.6 is 11.3 Å². The first-order valence-electron chi connectivity index (χ1n) is 8.45. The molecule has 0 radical (unpaired) electrons. The first-order chi connectivity index (χ1) is 12.9. The van der Waals surface area contributed by atoms with Gasteiger partial charge in [-0.05, 0) is 55.6 Å². The van der Waals surface area contributed by atoms with E-state index >= 15 is 0 Å². The molecule has 0 fully saturated rings. The molecule has 140 valence electrons. The number of ether oxygens (including phenoxy) is 1. The SMILES string of the molecule is Cc1cc(C(=O)Nc2ccc(OCC(N)=O)cc2)c(C)n1Cc1cccs1. The third kappa shape index (κ3) is 4.57. The third-order valence-corrected chi connectivity index (χ3v) is 5.07. The van der Waals surface area contributed by atoms with Crippen molar-refractivity contribution >= 4 is 28.8 Å². The molecule has 0 aliphatic heterocycles. The summed E-state index contributed by atoms with van der Waals surface area (Å²) in [5, 5.41) is 4.94. The number of rotatable bonds is 7. The summed E-state index contributed by atoms with van der Waals surface area (Å²) < 4.78 is 7.35. The molecule has 0 aliphatic carbocycles. The number of amides is 2. The number of carbonyl (C=O) groups is 2. The van der Waals surface area contributed by atoms with Crippen molar-refractivity contribution in [1.82, 2.24) is 4.57 Å². The Bertz CT molecular complexity index is 944. The molecule has 3 rings (SSSR count). The van der Waals surface area contributed by atoms with E-state index in [0.717, 1.165) is 17.9 Å². The fourth-order valence-electron chi connectivity index (χ4n) is 2.82. The quantitative estimate of drug-likeness (QED) is 0.656. The van der Waals surface area contributed by atoms with Crippen LogP contribution in [0.15, 0.2) is 47.8 Å². The second-order valence-corrected chi connectivity index (χ2v) is 7.22. The summed E-state index contributed by atoms with van der Waals surface area (Å²) in [5.41, 5.74) is 8.32. The van der Waals surface area contributed by atoms with Crippen LogP contribution in [0.2, 0.25) is 0 Å². The Morgan fingerprint density at radius 1 is 1.19 bits per heavy atom. The van der Waals surface area contributed by atoms with Crippen LogP contribution in [-0.2, 0) is 11.3 Å². The van der Waals surface area contributed by atoms with E-state index in [9.17, 15) is 9.59 Å². The maximum Gasteiger partial charge on any atom is 0.257 e. The van der Waals surface area contributed by atoms with Crippen LogP contribution in [0.5, 0.6) is 5.75 Å². The minimum Gasteiger partial charge on any atom is -0.484 e. The van der Waals surface area contributed by atoms with Gasteiger partial charge in [-0.1, -0.05) is 6.07 Å². The van der Waals surface area contributed by atoms with Crippen molar-refractivity contribution in [2.75, 3.05) is 11.9 Å². The molecule has 0 bridgehead atoms. The van der Waals surface area contributed by atoms with E-state index in [1.807, 2.05) is 31.4 Å². The van der Waals surface area contributed by atoms with Crippen LogP contribution in [0.4, 0.5) is 5.69 Å². The first kappa shape index (κ1) is 18.7. The number of aromatic nitrogens is 1. The number of anilines is 1. The second kappa shape index (κ2) is 8.09. The highest BCUT2D eigenvalue weighted by Gasteiger charge is 2.16. The molecule has 0 atom stereocenters. The van der Waals surface area contributed by atoms with E-state index < -0.39 is 5.91 Å². The van der Waals surface area contributed by atoms with Crippen LogP contribution in [0.3, 0.4) is 0 Å². The van der Waals surface area contributed by atoms with Crippen LogP contribution in [-0.4, -0.2) is 23.0 Å². The van der Waals surface area contributed by atoms with Gasteiger partial charge in [-0.15, -0.1) is 11.3 Å². The monoisotopic (exact) mass is 383 g/mol. The molecule has 0 aliphatic rings. The van der Waals surface area contributed by atoms with Crippen LogP contribution in [0, 0.1) is 13.8 Å². The average Bonchev–Trinajstić information content (AvgIpc) is 3.25. The van der Waals surface area contributed by atoms with Crippen molar-refractivity contribution in [3.8, 4) is 5.75 Å². The van der Waals surface area contributed by atoms with Gasteiger partial charge in [0.1, 0.15) is 5.75 Å². The van der Waals surface area contributed by atoms with Crippen molar-refractivity contribution in [2.24, 2.45) is 5.73 Å². The molecule has 3 N–H and O–H groups in total. The maximum atomic E-state index is 12.7. The van der Waals surface area contributed by atoms with Gasteiger partial charge in [0.2, 0.25) is 0 Å². The average molecular weight is 383 g/mol. The van der Waals surface area contributed by atoms with E-state index in [1.54, 1.807) is 35.6 Å². The number of nitrogens with zero attached hydrogens (tertiary/aromatic N) is 1. The van der Waals surface area contributed by atoms with Gasteiger partial charge in [-0.25, -0.2) is 0 Å². The number of nitrogens with one attached hydrogen (secondary N) is 1. The number of hydrogen-bond donors (Lipinski definition) is 2. The van der Waals surface area contributed by atoms with E-state index in [2.05, 4.69) is 16.0 Å². The summed E-state index contributed by atoms with van der Waals surface area (Å²) in [6, 6.07) is 12.8. The Labute approximate surface area is 161 Å². The summed E-state index contributed by atoms with van der Waals surface area (Å²) in [5.74, 6) is -0.183. The maximum absolute atomic E-state index is 12.7. The zero-order valence-corrected chi connectivity index (χ0v) is 16.0. The van der Waals surface area contributed by atoms with Crippen LogP contribution in [0.25, 0.3) is 0 Å². The highest BCUT2D eigenvalue weighted by atomic mass is 32.1. The first-order valence-corrected chi connectivity index (χ1v) is 9.33. The molecule has 0 saturated heterocycles. The molecular formula is C20H21N3O3S. The lowest BCUT2D eigenvalue weighted by Gasteiger charge is -2.09. The van der Waals surface area contributed by atoms with Gasteiger partial charge in [-0.2, -0.15) is 0 Å². The normalized spacial score (nSPS) is 10.6. The molecule has 2 aromatic heterocycles. The Balaban J connectivity index is 1.70. The summed E-state index contributed by atoms with van der Waals surface area (Å²) in [7, 11) is 0. The van der Waals surface area contributed by atoms with Crippen LogP contribution < -0.4 is 15.8 Å².